The maximum Gasteiger partial charge on any atom is 0.220 e. The zero-order valence-corrected chi connectivity index (χ0v) is 26.8. The van der Waals surface area contributed by atoms with Crippen molar-refractivity contribution >= 4 is 55.7 Å². The van der Waals surface area contributed by atoms with Crippen molar-refractivity contribution in [2.45, 2.75) is 0 Å². The molecule has 50 heavy (non-hydrogen) atoms. The van der Waals surface area contributed by atoms with Gasteiger partial charge in [-0.15, -0.1) is 0 Å². The smallest absolute Gasteiger partial charge is 0.220 e. The van der Waals surface area contributed by atoms with Crippen LogP contribution in [0.2, 0.25) is 0 Å². The second kappa shape index (κ2) is 10.3. The van der Waals surface area contributed by atoms with Crippen LogP contribution in [0.1, 0.15) is 0 Å². The predicted molar refractivity (Wildman–Crippen MR) is 203 cm³/mol. The van der Waals surface area contributed by atoms with E-state index in [2.05, 4.69) is 188 Å². The molecule has 4 heterocycles. The molecule has 6 heteroatoms. The first-order valence-corrected chi connectivity index (χ1v) is 16.9. The van der Waals surface area contributed by atoms with Crippen LogP contribution < -0.4 is 0 Å². The van der Waals surface area contributed by atoms with E-state index in [0.717, 1.165) is 83.8 Å². The minimum Gasteiger partial charge on any atom is -0.278 e. The van der Waals surface area contributed by atoms with Gasteiger partial charge in [-0.2, -0.15) is 0 Å². The third-order valence-electron chi connectivity index (χ3n) is 9.96. The number of aromatic nitrogens is 6. The first kappa shape index (κ1) is 27.1. The SMILES string of the molecule is c1ccc(-c2ccc3c(c2)nc2n(-c4ccccc4)c4ccc(-c5ccc6c(c5)n5c7ccccc7nc5n6-c5ccccc5)cc4n32)cc1. The maximum absolute atomic E-state index is 5.26. The largest absolute Gasteiger partial charge is 0.278 e. The zero-order valence-electron chi connectivity index (χ0n) is 26.8. The molecule has 0 saturated heterocycles. The summed E-state index contributed by atoms with van der Waals surface area (Å²) >= 11 is 0. The summed E-state index contributed by atoms with van der Waals surface area (Å²) in [5, 5.41) is 0. The van der Waals surface area contributed by atoms with E-state index in [4.69, 9.17) is 9.97 Å². The van der Waals surface area contributed by atoms with Gasteiger partial charge in [0.2, 0.25) is 11.6 Å². The minimum atomic E-state index is 0.894. The number of hydrogen-bond donors (Lipinski definition) is 0. The third-order valence-corrected chi connectivity index (χ3v) is 9.96. The Bertz CT molecular complexity index is 3070. The average molecular weight is 641 g/mol. The molecule has 0 aliphatic rings. The Labute approximate surface area is 286 Å². The quantitative estimate of drug-likeness (QED) is 0.192. The Hall–Kier alpha value is -6.92. The lowest BCUT2D eigenvalue weighted by Crippen LogP contribution is -1.94. The summed E-state index contributed by atoms with van der Waals surface area (Å²) in [6.45, 7) is 0. The molecule has 0 amide bonds. The molecular weight excluding hydrogens is 613 g/mol. The minimum absolute atomic E-state index is 0.894. The van der Waals surface area contributed by atoms with Gasteiger partial charge in [0, 0.05) is 11.4 Å². The van der Waals surface area contributed by atoms with Gasteiger partial charge >= 0.3 is 0 Å². The van der Waals surface area contributed by atoms with Crippen LogP contribution in [0, 0.1) is 0 Å². The molecule has 0 radical (unpaired) electrons. The molecule has 11 aromatic rings. The molecule has 11 rings (SSSR count). The van der Waals surface area contributed by atoms with Gasteiger partial charge in [0.1, 0.15) is 0 Å². The Morgan fingerprint density at radius 1 is 0.300 bits per heavy atom. The first-order chi connectivity index (χ1) is 24.8. The van der Waals surface area contributed by atoms with Crippen molar-refractivity contribution in [3.63, 3.8) is 0 Å². The Kier molecular flexibility index (Phi) is 5.57. The van der Waals surface area contributed by atoms with Crippen molar-refractivity contribution in [2.24, 2.45) is 0 Å². The van der Waals surface area contributed by atoms with Crippen molar-refractivity contribution < 1.29 is 0 Å². The molecule has 0 atom stereocenters. The fraction of sp³-hybridized carbons (Fsp3) is 0. The second-order valence-corrected chi connectivity index (χ2v) is 12.8. The van der Waals surface area contributed by atoms with Crippen molar-refractivity contribution in [3.05, 3.63) is 170 Å². The number of benzene rings is 7. The van der Waals surface area contributed by atoms with E-state index < -0.39 is 0 Å². The first-order valence-electron chi connectivity index (χ1n) is 16.9. The van der Waals surface area contributed by atoms with E-state index in [0.29, 0.717) is 0 Å². The lowest BCUT2D eigenvalue weighted by atomic mass is 10.0. The summed E-state index contributed by atoms with van der Waals surface area (Å²) in [5.74, 6) is 1.80. The summed E-state index contributed by atoms with van der Waals surface area (Å²) in [7, 11) is 0. The normalized spacial score (nSPS) is 12.0. The van der Waals surface area contributed by atoms with Gasteiger partial charge in [0.25, 0.3) is 0 Å². The van der Waals surface area contributed by atoms with Crippen molar-refractivity contribution in [1.82, 2.24) is 27.9 Å². The van der Waals surface area contributed by atoms with E-state index in [1.54, 1.807) is 0 Å². The molecule has 7 aromatic carbocycles. The summed E-state index contributed by atoms with van der Waals surface area (Å²) in [6, 6.07) is 60.0. The predicted octanol–water partition coefficient (Wildman–Crippen LogP) is 10.5. The fourth-order valence-corrected chi connectivity index (χ4v) is 7.69. The van der Waals surface area contributed by atoms with Crippen LogP contribution in [0.15, 0.2) is 170 Å². The van der Waals surface area contributed by atoms with Crippen LogP contribution >= 0.6 is 0 Å². The molecule has 6 nitrogen and oxygen atoms in total. The summed E-state index contributed by atoms with van der Waals surface area (Å²) in [6.07, 6.45) is 0. The maximum atomic E-state index is 5.26. The van der Waals surface area contributed by atoms with E-state index in [1.807, 2.05) is 0 Å². The molecule has 0 bridgehead atoms. The molecule has 0 N–H and O–H groups in total. The van der Waals surface area contributed by atoms with Gasteiger partial charge in [-0.05, 0) is 95.1 Å². The number of para-hydroxylation sites is 4. The molecule has 0 unspecified atom stereocenters. The average Bonchev–Trinajstić information content (AvgIpc) is 3.91. The lowest BCUT2D eigenvalue weighted by Gasteiger charge is -2.08. The van der Waals surface area contributed by atoms with Crippen LogP contribution in [0.25, 0.3) is 89.3 Å². The van der Waals surface area contributed by atoms with Crippen LogP contribution in [0.4, 0.5) is 0 Å². The van der Waals surface area contributed by atoms with Gasteiger partial charge < -0.3 is 0 Å². The van der Waals surface area contributed by atoms with Crippen LogP contribution in [0.3, 0.4) is 0 Å². The molecule has 0 spiro atoms. The number of hydrogen-bond acceptors (Lipinski definition) is 2. The van der Waals surface area contributed by atoms with Gasteiger partial charge in [-0.1, -0.05) is 97.1 Å². The highest BCUT2D eigenvalue weighted by Crippen LogP contribution is 2.36. The summed E-state index contributed by atoms with van der Waals surface area (Å²) in [5.41, 5.74) is 15.4. The van der Waals surface area contributed by atoms with Gasteiger partial charge in [0.05, 0.1) is 44.1 Å². The van der Waals surface area contributed by atoms with E-state index >= 15 is 0 Å². The van der Waals surface area contributed by atoms with E-state index in [9.17, 15) is 0 Å². The van der Waals surface area contributed by atoms with Gasteiger partial charge in [0.15, 0.2) is 0 Å². The monoisotopic (exact) mass is 640 g/mol. The van der Waals surface area contributed by atoms with Gasteiger partial charge in [-0.25, -0.2) is 9.97 Å². The highest BCUT2D eigenvalue weighted by Gasteiger charge is 2.20. The summed E-state index contributed by atoms with van der Waals surface area (Å²) < 4.78 is 9.12. The fourth-order valence-electron chi connectivity index (χ4n) is 7.69. The Morgan fingerprint density at radius 3 is 1.32 bits per heavy atom. The highest BCUT2D eigenvalue weighted by atomic mass is 15.2. The lowest BCUT2D eigenvalue weighted by molar-refractivity contribution is 1.11. The second-order valence-electron chi connectivity index (χ2n) is 12.8. The highest BCUT2D eigenvalue weighted by molar-refractivity contribution is 5.97. The van der Waals surface area contributed by atoms with Crippen LogP contribution in [-0.2, 0) is 0 Å². The number of imidazole rings is 4. The number of fused-ring (bicyclic) bond motifs is 10. The molecule has 0 saturated carbocycles. The summed E-state index contributed by atoms with van der Waals surface area (Å²) in [4.78, 5) is 10.4. The third kappa shape index (κ3) is 3.84. The van der Waals surface area contributed by atoms with Crippen molar-refractivity contribution in [1.29, 1.82) is 0 Å². The molecule has 4 aromatic heterocycles. The van der Waals surface area contributed by atoms with Crippen molar-refractivity contribution in [3.8, 4) is 33.6 Å². The standard InChI is InChI=1S/C44H28N6/c1-4-12-29(13-5-1)30-20-23-38-36(26-30)46-44-48(34-16-8-3-9-17-34)40-25-22-32(28-42(40)50(38)44)31-21-24-39-41(27-31)49-37-19-11-10-18-35(37)45-43(49)47(39)33-14-6-2-7-15-33/h1-28H. The molecule has 0 aliphatic heterocycles. The topological polar surface area (TPSA) is 44.5 Å². The number of rotatable bonds is 4. The molecular formula is C44H28N6. The molecule has 234 valence electrons. The Morgan fingerprint density at radius 2 is 0.740 bits per heavy atom. The van der Waals surface area contributed by atoms with Crippen molar-refractivity contribution in [2.75, 3.05) is 0 Å². The van der Waals surface area contributed by atoms with Crippen LogP contribution in [0.5, 0.6) is 0 Å². The Balaban J connectivity index is 1.16. The van der Waals surface area contributed by atoms with E-state index in [1.165, 1.54) is 5.56 Å². The molecule has 0 aliphatic carbocycles. The van der Waals surface area contributed by atoms with E-state index in [-0.39, 0.29) is 0 Å². The number of nitrogens with zero attached hydrogens (tertiary/aromatic N) is 6. The van der Waals surface area contributed by atoms with Crippen LogP contribution in [-0.4, -0.2) is 27.9 Å². The van der Waals surface area contributed by atoms with Gasteiger partial charge in [-0.3, -0.25) is 17.9 Å². The molecule has 0 fully saturated rings. The zero-order chi connectivity index (χ0) is 32.8.